The van der Waals surface area contributed by atoms with Gasteiger partial charge >= 0.3 is 0 Å². The largest absolute Gasteiger partial charge is 0.236 e. The number of fused-ring (bicyclic) bond motifs is 1. The van der Waals surface area contributed by atoms with Crippen LogP contribution in [0.1, 0.15) is 5.56 Å². The molecular weight excluding hydrogens is 231 g/mol. The number of hydrogen-bond acceptors (Lipinski definition) is 2. The molecule has 0 radical (unpaired) electrons. The summed E-state index contributed by atoms with van der Waals surface area (Å²) in [5.41, 5.74) is 1.89. The van der Waals surface area contributed by atoms with Gasteiger partial charge in [-0.2, -0.15) is 0 Å². The van der Waals surface area contributed by atoms with Gasteiger partial charge in [-0.05, 0) is 17.7 Å². The van der Waals surface area contributed by atoms with E-state index in [2.05, 4.69) is 9.97 Å². The van der Waals surface area contributed by atoms with E-state index in [1.165, 1.54) is 6.33 Å². The molecule has 76 valence electrons. The van der Waals surface area contributed by atoms with Gasteiger partial charge in [-0.25, -0.2) is 9.97 Å². The molecule has 0 saturated carbocycles. The zero-order valence-corrected chi connectivity index (χ0v) is 9.33. The molecule has 1 aromatic heterocycles. The Morgan fingerprint density at radius 1 is 1.27 bits per heavy atom. The van der Waals surface area contributed by atoms with Gasteiger partial charge in [0.15, 0.2) is 0 Å². The number of nitrogens with zero attached hydrogens (tertiary/aromatic N) is 2. The fourth-order valence-corrected chi connectivity index (χ4v) is 1.61. The van der Waals surface area contributed by atoms with E-state index < -0.39 is 0 Å². The van der Waals surface area contributed by atoms with Crippen LogP contribution in [0.3, 0.4) is 0 Å². The average molecular weight is 239 g/mol. The van der Waals surface area contributed by atoms with Gasteiger partial charge < -0.3 is 0 Å². The van der Waals surface area contributed by atoms with E-state index in [4.69, 9.17) is 23.2 Å². The van der Waals surface area contributed by atoms with Crippen molar-refractivity contribution >= 4 is 40.2 Å². The quantitative estimate of drug-likeness (QED) is 0.591. The second-order valence-corrected chi connectivity index (χ2v) is 3.66. The van der Waals surface area contributed by atoms with Gasteiger partial charge in [-0.1, -0.05) is 29.8 Å². The first-order valence-electron chi connectivity index (χ1n) is 4.44. The van der Waals surface area contributed by atoms with Crippen molar-refractivity contribution in [2.24, 2.45) is 0 Å². The predicted octanol–water partition coefficient (Wildman–Crippen LogP) is 3.54. The first-order valence-corrected chi connectivity index (χ1v) is 5.35. The average Bonchev–Trinajstić information content (AvgIpc) is 2.27. The summed E-state index contributed by atoms with van der Waals surface area (Å²) in [4.78, 5) is 8.05. The highest BCUT2D eigenvalue weighted by Gasteiger charge is 2.00. The maximum atomic E-state index is 5.96. The summed E-state index contributed by atoms with van der Waals surface area (Å²) in [6.45, 7) is 0. The third kappa shape index (κ3) is 2.28. The van der Waals surface area contributed by atoms with Crippen LogP contribution in [0, 0.1) is 0 Å². The molecule has 0 aliphatic heterocycles. The van der Waals surface area contributed by atoms with E-state index in [1.54, 1.807) is 0 Å². The molecule has 0 aliphatic rings. The molecule has 2 aromatic rings. The Balaban J connectivity index is 2.54. The molecule has 0 N–H and O–H groups in total. The number of benzene rings is 1. The van der Waals surface area contributed by atoms with Crippen molar-refractivity contribution in [1.82, 2.24) is 9.97 Å². The Morgan fingerprint density at radius 2 is 2.13 bits per heavy atom. The van der Waals surface area contributed by atoms with E-state index in [9.17, 15) is 0 Å². The molecule has 0 saturated heterocycles. The molecule has 15 heavy (non-hydrogen) atoms. The van der Waals surface area contributed by atoms with Gasteiger partial charge in [0.05, 0.1) is 5.52 Å². The zero-order chi connectivity index (χ0) is 10.7. The summed E-state index contributed by atoms with van der Waals surface area (Å²) >= 11 is 11.5. The topological polar surface area (TPSA) is 25.8 Å². The second-order valence-electron chi connectivity index (χ2n) is 3.00. The van der Waals surface area contributed by atoms with Crippen LogP contribution < -0.4 is 0 Å². The summed E-state index contributed by atoms with van der Waals surface area (Å²) in [5.74, 6) is 0.497. The van der Waals surface area contributed by atoms with Crippen molar-refractivity contribution in [3.05, 3.63) is 41.3 Å². The van der Waals surface area contributed by atoms with Crippen LogP contribution in [0.5, 0.6) is 0 Å². The molecular formula is C11H8Cl2N2. The minimum atomic E-state index is 0.473. The summed E-state index contributed by atoms with van der Waals surface area (Å²) in [6, 6.07) is 5.83. The first kappa shape index (κ1) is 10.4. The lowest BCUT2D eigenvalue weighted by molar-refractivity contribution is 1.22. The molecule has 1 aromatic carbocycles. The number of alkyl halides is 1. The minimum Gasteiger partial charge on any atom is -0.236 e. The van der Waals surface area contributed by atoms with Crippen molar-refractivity contribution in [1.29, 1.82) is 0 Å². The van der Waals surface area contributed by atoms with Crippen molar-refractivity contribution in [2.45, 2.75) is 0 Å². The highest BCUT2D eigenvalue weighted by molar-refractivity contribution is 6.34. The number of rotatable bonds is 2. The summed E-state index contributed by atoms with van der Waals surface area (Å²) < 4.78 is 0. The van der Waals surface area contributed by atoms with Crippen molar-refractivity contribution < 1.29 is 0 Å². The van der Waals surface area contributed by atoms with E-state index in [0.29, 0.717) is 11.0 Å². The smallest absolute Gasteiger partial charge is 0.140 e. The van der Waals surface area contributed by atoms with Gasteiger partial charge in [0.2, 0.25) is 0 Å². The van der Waals surface area contributed by atoms with Gasteiger partial charge in [0.25, 0.3) is 0 Å². The predicted molar refractivity (Wildman–Crippen MR) is 64.3 cm³/mol. The lowest BCUT2D eigenvalue weighted by Crippen LogP contribution is -1.84. The van der Waals surface area contributed by atoms with Gasteiger partial charge in [0, 0.05) is 11.3 Å². The summed E-state index contributed by atoms with van der Waals surface area (Å²) in [5, 5.41) is 1.33. The van der Waals surface area contributed by atoms with Crippen LogP contribution in [0.15, 0.2) is 30.6 Å². The van der Waals surface area contributed by atoms with Gasteiger partial charge in [-0.15, -0.1) is 11.6 Å². The molecule has 4 heteroatoms. The normalized spacial score (nSPS) is 11.3. The van der Waals surface area contributed by atoms with Gasteiger partial charge in [-0.3, -0.25) is 0 Å². The molecule has 2 nitrogen and oxygen atoms in total. The Bertz CT molecular complexity index is 509. The highest BCUT2D eigenvalue weighted by Crippen LogP contribution is 2.20. The molecule has 0 amide bonds. The SMILES string of the molecule is ClCC=Cc1ccc2ncnc(Cl)c2c1. The molecule has 0 fully saturated rings. The second kappa shape index (κ2) is 4.60. The zero-order valence-electron chi connectivity index (χ0n) is 7.82. The summed E-state index contributed by atoms with van der Waals surface area (Å²) in [6.07, 6.45) is 5.27. The maximum Gasteiger partial charge on any atom is 0.140 e. The van der Waals surface area contributed by atoms with Crippen LogP contribution in [0.25, 0.3) is 17.0 Å². The Morgan fingerprint density at radius 3 is 2.93 bits per heavy atom. The van der Waals surface area contributed by atoms with E-state index in [1.807, 2.05) is 30.4 Å². The molecule has 0 unspecified atom stereocenters. The molecule has 0 bridgehead atoms. The number of halogens is 2. The van der Waals surface area contributed by atoms with Crippen molar-refractivity contribution in [2.75, 3.05) is 5.88 Å². The Hall–Kier alpha value is -1.12. The fraction of sp³-hybridized carbons (Fsp3) is 0.0909. The fourth-order valence-electron chi connectivity index (χ4n) is 1.33. The van der Waals surface area contributed by atoms with Crippen molar-refractivity contribution in [3.63, 3.8) is 0 Å². The number of hydrogen-bond donors (Lipinski definition) is 0. The minimum absolute atomic E-state index is 0.473. The van der Waals surface area contributed by atoms with Crippen LogP contribution in [-0.2, 0) is 0 Å². The number of aromatic nitrogens is 2. The monoisotopic (exact) mass is 238 g/mol. The third-order valence-corrected chi connectivity index (χ3v) is 2.49. The lowest BCUT2D eigenvalue weighted by Gasteiger charge is -1.99. The van der Waals surface area contributed by atoms with Crippen molar-refractivity contribution in [3.8, 4) is 0 Å². The molecule has 0 atom stereocenters. The molecule has 0 spiro atoms. The Labute approximate surface area is 97.6 Å². The summed E-state index contributed by atoms with van der Waals surface area (Å²) in [7, 11) is 0. The molecule has 2 rings (SSSR count). The first-order chi connectivity index (χ1) is 7.31. The van der Waals surface area contributed by atoms with Crippen LogP contribution in [0.2, 0.25) is 5.15 Å². The number of allylic oxidation sites excluding steroid dienone is 1. The van der Waals surface area contributed by atoms with Crippen LogP contribution in [0.4, 0.5) is 0 Å². The molecule has 0 aliphatic carbocycles. The Kier molecular flexibility index (Phi) is 3.19. The standard InChI is InChI=1S/C11H8Cl2N2/c12-5-1-2-8-3-4-10-9(6-8)11(13)15-7-14-10/h1-4,6-7H,5H2. The molecule has 1 heterocycles. The van der Waals surface area contributed by atoms with E-state index in [-0.39, 0.29) is 0 Å². The third-order valence-electron chi connectivity index (χ3n) is 2.01. The van der Waals surface area contributed by atoms with Crippen LogP contribution in [-0.4, -0.2) is 15.8 Å². The van der Waals surface area contributed by atoms with E-state index in [0.717, 1.165) is 16.5 Å². The van der Waals surface area contributed by atoms with Gasteiger partial charge in [0.1, 0.15) is 11.5 Å². The van der Waals surface area contributed by atoms with Crippen LogP contribution >= 0.6 is 23.2 Å². The van der Waals surface area contributed by atoms with E-state index >= 15 is 0 Å². The highest BCUT2D eigenvalue weighted by atomic mass is 35.5. The maximum absolute atomic E-state index is 5.96. The lowest BCUT2D eigenvalue weighted by atomic mass is 10.1.